The van der Waals surface area contributed by atoms with E-state index in [1.165, 1.54) is 11.3 Å². The lowest BCUT2D eigenvalue weighted by Gasteiger charge is -2.18. The summed E-state index contributed by atoms with van der Waals surface area (Å²) in [4.78, 5) is 13.0. The fourth-order valence-electron chi connectivity index (χ4n) is 1.09. The highest BCUT2D eigenvalue weighted by Gasteiger charge is 2.14. The van der Waals surface area contributed by atoms with E-state index in [1.54, 1.807) is 20.8 Å². The Kier molecular flexibility index (Phi) is 5.20. The lowest BCUT2D eigenvalue weighted by Crippen LogP contribution is -2.32. The molecule has 0 fully saturated rings. The summed E-state index contributed by atoms with van der Waals surface area (Å²) in [6.45, 7) is 5.69. The SMILES string of the molecule is CC(C)(C)OC(=O)NCC#Cc1ccc(CO)s1. The molecule has 18 heavy (non-hydrogen) atoms. The zero-order valence-corrected chi connectivity index (χ0v) is 11.6. The molecule has 0 aliphatic heterocycles. The Bertz CT molecular complexity index is 463. The van der Waals surface area contributed by atoms with E-state index < -0.39 is 11.7 Å². The molecule has 1 rings (SSSR count). The number of thiophene rings is 1. The third kappa shape index (κ3) is 5.71. The number of carbonyl (C=O) groups excluding carboxylic acids is 1. The second kappa shape index (κ2) is 6.43. The van der Waals surface area contributed by atoms with Crippen molar-refractivity contribution in [2.24, 2.45) is 0 Å². The van der Waals surface area contributed by atoms with Gasteiger partial charge >= 0.3 is 6.09 Å². The molecule has 1 aromatic heterocycles. The molecule has 0 saturated heterocycles. The van der Waals surface area contributed by atoms with Crippen LogP contribution in [0.3, 0.4) is 0 Å². The molecule has 0 unspecified atom stereocenters. The van der Waals surface area contributed by atoms with Gasteiger partial charge in [0.1, 0.15) is 5.60 Å². The Balaban J connectivity index is 2.36. The van der Waals surface area contributed by atoms with E-state index in [0.717, 1.165) is 9.75 Å². The molecular weight excluding hydrogens is 250 g/mol. The molecule has 1 heterocycles. The Labute approximate surface area is 111 Å². The van der Waals surface area contributed by atoms with E-state index in [0.29, 0.717) is 0 Å². The van der Waals surface area contributed by atoms with Crippen LogP contribution in [0.4, 0.5) is 4.79 Å². The third-order valence-corrected chi connectivity index (χ3v) is 2.73. The topological polar surface area (TPSA) is 58.6 Å². The van der Waals surface area contributed by atoms with Crippen LogP contribution in [-0.2, 0) is 11.3 Å². The number of carbonyl (C=O) groups is 1. The molecule has 2 N–H and O–H groups in total. The van der Waals surface area contributed by atoms with Crippen LogP contribution in [0.5, 0.6) is 0 Å². The molecule has 1 amide bonds. The summed E-state index contributed by atoms with van der Waals surface area (Å²) in [5.41, 5.74) is -0.499. The van der Waals surface area contributed by atoms with E-state index in [1.807, 2.05) is 12.1 Å². The highest BCUT2D eigenvalue weighted by Crippen LogP contribution is 2.14. The van der Waals surface area contributed by atoms with Gasteiger partial charge in [0.05, 0.1) is 18.0 Å². The van der Waals surface area contributed by atoms with Crippen LogP contribution in [0.1, 0.15) is 30.5 Å². The zero-order chi connectivity index (χ0) is 13.6. The van der Waals surface area contributed by atoms with Gasteiger partial charge in [-0.3, -0.25) is 0 Å². The Hall–Kier alpha value is -1.51. The Morgan fingerprint density at radius 2 is 2.22 bits per heavy atom. The molecule has 0 aliphatic rings. The van der Waals surface area contributed by atoms with Crippen molar-refractivity contribution in [1.82, 2.24) is 5.32 Å². The van der Waals surface area contributed by atoms with Crippen LogP contribution in [-0.4, -0.2) is 23.3 Å². The fraction of sp³-hybridized carbons (Fsp3) is 0.462. The number of hydrogen-bond acceptors (Lipinski definition) is 4. The normalized spacial score (nSPS) is 10.4. The number of aliphatic hydroxyl groups is 1. The Morgan fingerprint density at radius 1 is 1.50 bits per heavy atom. The molecule has 0 spiro atoms. The second-order valence-corrected chi connectivity index (χ2v) is 5.75. The quantitative estimate of drug-likeness (QED) is 0.807. The molecule has 4 nitrogen and oxygen atoms in total. The first-order valence-electron chi connectivity index (χ1n) is 5.56. The number of amides is 1. The number of hydrogen-bond donors (Lipinski definition) is 2. The monoisotopic (exact) mass is 267 g/mol. The van der Waals surface area contributed by atoms with Gasteiger partial charge in [-0.15, -0.1) is 11.3 Å². The molecule has 0 bridgehead atoms. The molecular formula is C13H17NO3S. The zero-order valence-electron chi connectivity index (χ0n) is 10.7. The van der Waals surface area contributed by atoms with Gasteiger partial charge in [0.2, 0.25) is 0 Å². The van der Waals surface area contributed by atoms with Crippen LogP contribution in [0, 0.1) is 11.8 Å². The van der Waals surface area contributed by atoms with Gasteiger partial charge in [-0.2, -0.15) is 0 Å². The van der Waals surface area contributed by atoms with Crippen LogP contribution >= 0.6 is 11.3 Å². The van der Waals surface area contributed by atoms with E-state index >= 15 is 0 Å². The van der Waals surface area contributed by atoms with Crippen molar-refractivity contribution in [1.29, 1.82) is 0 Å². The molecule has 0 aliphatic carbocycles. The fourth-order valence-corrected chi connectivity index (χ4v) is 1.83. The summed E-state index contributed by atoms with van der Waals surface area (Å²) >= 11 is 1.43. The van der Waals surface area contributed by atoms with E-state index in [9.17, 15) is 4.79 Å². The minimum Gasteiger partial charge on any atom is -0.444 e. The van der Waals surface area contributed by atoms with Crippen molar-refractivity contribution >= 4 is 17.4 Å². The van der Waals surface area contributed by atoms with Crippen LogP contribution in [0.2, 0.25) is 0 Å². The van der Waals surface area contributed by atoms with Crippen LogP contribution < -0.4 is 5.32 Å². The van der Waals surface area contributed by atoms with Crippen LogP contribution in [0.15, 0.2) is 12.1 Å². The maximum atomic E-state index is 11.3. The summed E-state index contributed by atoms with van der Waals surface area (Å²) in [5, 5.41) is 11.4. The van der Waals surface area contributed by atoms with Gasteiger partial charge < -0.3 is 15.2 Å². The minimum atomic E-state index is -0.499. The second-order valence-electron chi connectivity index (χ2n) is 4.58. The number of alkyl carbamates (subject to hydrolysis) is 1. The molecule has 0 aromatic carbocycles. The van der Waals surface area contributed by atoms with Gasteiger partial charge in [-0.1, -0.05) is 11.8 Å². The molecule has 5 heteroatoms. The highest BCUT2D eigenvalue weighted by atomic mass is 32.1. The van der Waals surface area contributed by atoms with Crippen molar-refractivity contribution in [3.05, 3.63) is 21.9 Å². The summed E-state index contributed by atoms with van der Waals surface area (Å²) in [7, 11) is 0. The molecule has 98 valence electrons. The first kappa shape index (κ1) is 14.6. The number of nitrogens with one attached hydrogen (secondary N) is 1. The largest absolute Gasteiger partial charge is 0.444 e. The standard InChI is InChI=1S/C13H17NO3S/c1-13(2,3)17-12(16)14-8-4-5-10-6-7-11(9-15)18-10/h6-7,15H,8-9H2,1-3H3,(H,14,16). The smallest absolute Gasteiger partial charge is 0.408 e. The Morgan fingerprint density at radius 3 is 2.78 bits per heavy atom. The van der Waals surface area contributed by atoms with Gasteiger partial charge in [-0.05, 0) is 32.9 Å². The average Bonchev–Trinajstić information content (AvgIpc) is 2.70. The first-order chi connectivity index (χ1) is 8.40. The van der Waals surface area contributed by atoms with E-state index in [2.05, 4.69) is 17.2 Å². The lowest BCUT2D eigenvalue weighted by molar-refractivity contribution is 0.0535. The first-order valence-corrected chi connectivity index (χ1v) is 6.37. The number of ether oxygens (including phenoxy) is 1. The summed E-state index contributed by atoms with van der Waals surface area (Å²) < 4.78 is 5.06. The lowest BCUT2D eigenvalue weighted by atomic mass is 10.2. The highest BCUT2D eigenvalue weighted by molar-refractivity contribution is 7.12. The summed E-state index contributed by atoms with van der Waals surface area (Å²) in [6.07, 6.45) is -0.473. The van der Waals surface area contributed by atoms with E-state index in [4.69, 9.17) is 9.84 Å². The maximum Gasteiger partial charge on any atom is 0.408 e. The van der Waals surface area contributed by atoms with Gasteiger partial charge in [0.25, 0.3) is 0 Å². The van der Waals surface area contributed by atoms with Crippen molar-refractivity contribution in [3.63, 3.8) is 0 Å². The van der Waals surface area contributed by atoms with Crippen LogP contribution in [0.25, 0.3) is 0 Å². The summed E-state index contributed by atoms with van der Waals surface area (Å²) in [5.74, 6) is 5.73. The average molecular weight is 267 g/mol. The predicted molar refractivity (Wildman–Crippen MR) is 71.4 cm³/mol. The summed E-state index contributed by atoms with van der Waals surface area (Å²) in [6, 6.07) is 3.67. The van der Waals surface area contributed by atoms with Crippen molar-refractivity contribution < 1.29 is 14.6 Å². The minimum absolute atomic E-state index is 0.0303. The third-order valence-electron chi connectivity index (χ3n) is 1.75. The molecule has 0 atom stereocenters. The van der Waals surface area contributed by atoms with Gasteiger partial charge in [0.15, 0.2) is 0 Å². The number of rotatable bonds is 2. The van der Waals surface area contributed by atoms with Crippen molar-refractivity contribution in [3.8, 4) is 11.8 Å². The molecule has 0 saturated carbocycles. The van der Waals surface area contributed by atoms with Gasteiger partial charge in [0, 0.05) is 4.88 Å². The van der Waals surface area contributed by atoms with Crippen molar-refractivity contribution in [2.45, 2.75) is 33.0 Å². The predicted octanol–water partition coefficient (Wildman–Crippen LogP) is 2.12. The van der Waals surface area contributed by atoms with Gasteiger partial charge in [-0.25, -0.2) is 4.79 Å². The molecule has 1 aromatic rings. The van der Waals surface area contributed by atoms with Crippen molar-refractivity contribution in [2.75, 3.05) is 6.54 Å². The molecule has 0 radical (unpaired) electrons. The number of aliphatic hydroxyl groups excluding tert-OH is 1. The maximum absolute atomic E-state index is 11.3. The van der Waals surface area contributed by atoms with E-state index in [-0.39, 0.29) is 13.2 Å².